The number of nitrogens with zero attached hydrogens (tertiary/aromatic N) is 5. The average Bonchev–Trinajstić information content (AvgIpc) is 3.68. The van der Waals surface area contributed by atoms with Gasteiger partial charge in [-0.25, -0.2) is 13.2 Å². The number of hydrogen-bond donors (Lipinski definition) is 3. The molecule has 2 aromatic carbocycles. The van der Waals surface area contributed by atoms with Crippen molar-refractivity contribution in [2.24, 2.45) is 11.5 Å². The van der Waals surface area contributed by atoms with Gasteiger partial charge in [0.05, 0.1) is 21.4 Å². The quantitative estimate of drug-likeness (QED) is 0.151. The predicted octanol–water partition coefficient (Wildman–Crippen LogP) is 5.97. The summed E-state index contributed by atoms with van der Waals surface area (Å²) in [5.74, 6) is -2.35. The molecule has 48 heavy (non-hydrogen) atoms. The van der Waals surface area contributed by atoms with Crippen LogP contribution in [0.15, 0.2) is 42.2 Å². The Bertz CT molecular complexity index is 2020. The van der Waals surface area contributed by atoms with Crippen LogP contribution in [-0.2, 0) is 6.18 Å². The van der Waals surface area contributed by atoms with Gasteiger partial charge in [0.1, 0.15) is 41.0 Å². The highest BCUT2D eigenvalue weighted by atomic mass is 32.1. The zero-order valence-electron chi connectivity index (χ0n) is 25.5. The number of rotatable bonds is 8. The highest BCUT2D eigenvalue weighted by molar-refractivity contribution is 7.23. The molecule has 0 spiro atoms. The molecule has 0 radical (unpaired) electrons. The number of ether oxygens (including phenoxy) is 1. The zero-order valence-corrected chi connectivity index (χ0v) is 26.4. The maximum atomic E-state index is 16.9. The normalized spacial score (nSPS) is 20.2. The van der Waals surface area contributed by atoms with Crippen LogP contribution in [0.25, 0.3) is 32.1 Å². The molecule has 2 aromatic heterocycles. The third-order valence-electron chi connectivity index (χ3n) is 8.93. The summed E-state index contributed by atoms with van der Waals surface area (Å²) in [7, 11) is 1.51. The van der Waals surface area contributed by atoms with Gasteiger partial charge >= 0.3 is 12.2 Å². The molecule has 2 fully saturated rings. The summed E-state index contributed by atoms with van der Waals surface area (Å²) in [5, 5.41) is 9.09. The molecule has 2 unspecified atom stereocenters. The number of anilines is 2. The summed E-state index contributed by atoms with van der Waals surface area (Å²) in [6.45, 7) is 0.904. The Morgan fingerprint density at radius 1 is 1.27 bits per heavy atom. The summed E-state index contributed by atoms with van der Waals surface area (Å²) in [6, 6.07) is 4.05. The van der Waals surface area contributed by atoms with E-state index in [-0.39, 0.29) is 69.5 Å². The first-order valence-corrected chi connectivity index (χ1v) is 15.7. The summed E-state index contributed by atoms with van der Waals surface area (Å²) < 4.78 is 96.5. The molecule has 4 heterocycles. The van der Waals surface area contributed by atoms with Crippen LogP contribution in [-0.4, -0.2) is 59.9 Å². The molecule has 6 rings (SSSR count). The van der Waals surface area contributed by atoms with Crippen molar-refractivity contribution >= 4 is 43.1 Å². The minimum absolute atomic E-state index is 0.0000158. The molecule has 252 valence electrons. The van der Waals surface area contributed by atoms with E-state index < -0.39 is 46.2 Å². The number of benzene rings is 2. The van der Waals surface area contributed by atoms with Gasteiger partial charge in [0.25, 0.3) is 0 Å². The minimum Gasteiger partial charge on any atom is -0.461 e. The van der Waals surface area contributed by atoms with Crippen LogP contribution in [0.1, 0.15) is 30.4 Å². The van der Waals surface area contributed by atoms with Crippen molar-refractivity contribution in [3.8, 4) is 23.2 Å². The van der Waals surface area contributed by atoms with Crippen LogP contribution in [0.5, 0.6) is 6.01 Å². The van der Waals surface area contributed by atoms with Crippen molar-refractivity contribution in [3.63, 3.8) is 0 Å². The number of thiophene rings is 1. The van der Waals surface area contributed by atoms with Crippen molar-refractivity contribution in [3.05, 3.63) is 65.0 Å². The van der Waals surface area contributed by atoms with Gasteiger partial charge in [-0.15, -0.1) is 11.3 Å². The molecule has 0 amide bonds. The SMILES string of the molecule is CN(CC(/C=C\N)=C/N)c1nc(OCC23CCCN2CC(F)C3)nc2c(F)c(-c3ccc(F)c4sc(N)c(C#N)c34)c(C(F)(F)F)cc12. The minimum atomic E-state index is -5.12. The number of nitrogen functional groups attached to an aromatic ring is 1. The van der Waals surface area contributed by atoms with E-state index in [4.69, 9.17) is 21.9 Å². The first kappa shape index (κ1) is 33.2. The van der Waals surface area contributed by atoms with Crippen molar-refractivity contribution in [2.45, 2.75) is 37.1 Å². The molecular weight excluding hydrogens is 658 g/mol. The second-order valence-electron chi connectivity index (χ2n) is 11.9. The number of likely N-dealkylation sites (N-methyl/N-ethyl adjacent to an activating group) is 1. The number of hydrogen-bond acceptors (Lipinski definition) is 10. The monoisotopic (exact) mass is 688 g/mol. The van der Waals surface area contributed by atoms with E-state index in [0.29, 0.717) is 35.9 Å². The molecule has 9 nitrogen and oxygen atoms in total. The van der Waals surface area contributed by atoms with E-state index in [1.54, 1.807) is 6.07 Å². The maximum absolute atomic E-state index is 16.9. The second-order valence-corrected chi connectivity index (χ2v) is 13.0. The molecule has 0 bridgehead atoms. The lowest BCUT2D eigenvalue weighted by Crippen LogP contribution is -2.43. The number of nitriles is 1. The van der Waals surface area contributed by atoms with E-state index in [1.165, 1.54) is 30.4 Å². The molecule has 2 saturated heterocycles. The van der Waals surface area contributed by atoms with Gasteiger partial charge in [0.15, 0.2) is 5.82 Å². The Morgan fingerprint density at radius 2 is 2.04 bits per heavy atom. The van der Waals surface area contributed by atoms with E-state index >= 15 is 4.39 Å². The van der Waals surface area contributed by atoms with Crippen LogP contribution in [0.4, 0.5) is 37.2 Å². The second kappa shape index (κ2) is 12.4. The molecule has 2 aliphatic rings. The highest BCUT2D eigenvalue weighted by Gasteiger charge is 2.49. The van der Waals surface area contributed by atoms with Crippen LogP contribution < -0.4 is 26.8 Å². The molecule has 16 heteroatoms. The number of aromatic nitrogens is 2. The first-order chi connectivity index (χ1) is 22.8. The summed E-state index contributed by atoms with van der Waals surface area (Å²) in [5.41, 5.74) is 13.5. The Morgan fingerprint density at radius 3 is 2.73 bits per heavy atom. The van der Waals surface area contributed by atoms with Gasteiger partial charge in [-0.3, -0.25) is 4.90 Å². The van der Waals surface area contributed by atoms with Gasteiger partial charge in [-0.2, -0.15) is 28.4 Å². The standard InChI is InChI=1S/C32H30F6N8OS/c1-45(13-16(11-40)5-7-39)29-19-9-21(32(36,37)38)24(18-3-4-22(34)27-23(18)20(12-41)28(42)48-27)25(35)26(19)43-30(44-29)47-15-31-6-2-8-46(31)14-17(33)10-31/h3-5,7,9,11,17H,2,6,8,10,13-15,39-40,42H2,1H3/b7-5-,16-11+. The summed E-state index contributed by atoms with van der Waals surface area (Å²) in [6.07, 6.45) is -0.499. The average molecular weight is 689 g/mol. The smallest absolute Gasteiger partial charge is 0.417 e. The fourth-order valence-corrected chi connectivity index (χ4v) is 7.77. The lowest BCUT2D eigenvalue weighted by Gasteiger charge is -2.31. The van der Waals surface area contributed by atoms with Crippen molar-refractivity contribution in [1.82, 2.24) is 14.9 Å². The van der Waals surface area contributed by atoms with Crippen molar-refractivity contribution in [2.75, 3.05) is 43.9 Å². The molecule has 0 saturated carbocycles. The molecule has 2 aliphatic heterocycles. The predicted molar refractivity (Wildman–Crippen MR) is 172 cm³/mol. The van der Waals surface area contributed by atoms with Crippen LogP contribution in [0.3, 0.4) is 0 Å². The third kappa shape index (κ3) is 5.60. The van der Waals surface area contributed by atoms with E-state index in [0.717, 1.165) is 18.6 Å². The summed E-state index contributed by atoms with van der Waals surface area (Å²) in [4.78, 5) is 12.1. The van der Waals surface area contributed by atoms with Gasteiger partial charge in [-0.05, 0) is 61.1 Å². The lowest BCUT2D eigenvalue weighted by atomic mass is 9.92. The third-order valence-corrected chi connectivity index (χ3v) is 9.96. The topological polar surface area (TPSA) is 143 Å². The Hall–Kier alpha value is -4.75. The zero-order chi connectivity index (χ0) is 34.5. The summed E-state index contributed by atoms with van der Waals surface area (Å²) >= 11 is 0.672. The van der Waals surface area contributed by atoms with Gasteiger partial charge < -0.3 is 26.8 Å². The van der Waals surface area contributed by atoms with E-state index in [2.05, 4.69) is 9.97 Å². The molecular formula is C32H30F6N8OS. The molecule has 0 aliphatic carbocycles. The van der Waals surface area contributed by atoms with E-state index in [1.807, 2.05) is 4.90 Å². The number of halogens is 6. The van der Waals surface area contributed by atoms with Gasteiger partial charge in [0.2, 0.25) is 0 Å². The maximum Gasteiger partial charge on any atom is 0.417 e. The Balaban J connectivity index is 1.60. The number of alkyl halides is 4. The lowest BCUT2D eigenvalue weighted by molar-refractivity contribution is -0.137. The highest BCUT2D eigenvalue weighted by Crippen LogP contribution is 2.48. The first-order valence-electron chi connectivity index (χ1n) is 14.9. The largest absolute Gasteiger partial charge is 0.461 e. The van der Waals surface area contributed by atoms with Crippen LogP contribution >= 0.6 is 11.3 Å². The van der Waals surface area contributed by atoms with Crippen LogP contribution in [0.2, 0.25) is 0 Å². The number of fused-ring (bicyclic) bond motifs is 3. The molecule has 2 atom stereocenters. The Kier molecular flexibility index (Phi) is 8.54. The fourth-order valence-electron chi connectivity index (χ4n) is 6.82. The van der Waals surface area contributed by atoms with Gasteiger partial charge in [0, 0.05) is 42.9 Å². The van der Waals surface area contributed by atoms with E-state index in [9.17, 15) is 27.2 Å². The Labute approximate surface area is 274 Å². The molecule has 6 N–H and O–H groups in total. The molecule has 4 aromatic rings. The number of nitrogens with two attached hydrogens (primary N) is 3. The van der Waals surface area contributed by atoms with Crippen molar-refractivity contribution < 1.29 is 31.1 Å². The fraction of sp³-hybridized carbons (Fsp3) is 0.344. The van der Waals surface area contributed by atoms with Crippen molar-refractivity contribution in [1.29, 1.82) is 5.26 Å². The van der Waals surface area contributed by atoms with Crippen LogP contribution in [0, 0.1) is 23.0 Å². The van der Waals surface area contributed by atoms with Gasteiger partial charge in [-0.1, -0.05) is 6.07 Å².